The summed E-state index contributed by atoms with van der Waals surface area (Å²) in [7, 11) is 0. The minimum atomic E-state index is -0.113. The van der Waals surface area contributed by atoms with E-state index in [1.54, 1.807) is 12.3 Å². The van der Waals surface area contributed by atoms with E-state index >= 15 is 0 Å². The van der Waals surface area contributed by atoms with Crippen LogP contribution in [0.2, 0.25) is 0 Å². The van der Waals surface area contributed by atoms with Gasteiger partial charge in [-0.25, -0.2) is 4.98 Å². The third-order valence-corrected chi connectivity index (χ3v) is 2.22. The van der Waals surface area contributed by atoms with Crippen LogP contribution < -0.4 is 11.3 Å². The summed E-state index contributed by atoms with van der Waals surface area (Å²) in [6.45, 7) is 0.588. The van der Waals surface area contributed by atoms with Gasteiger partial charge in [0.25, 0.3) is 5.56 Å². The first-order valence-corrected chi connectivity index (χ1v) is 5.50. The van der Waals surface area contributed by atoms with Crippen LogP contribution in [0, 0.1) is 0 Å². The maximum atomic E-state index is 11.4. The van der Waals surface area contributed by atoms with Gasteiger partial charge in [-0.15, -0.1) is 0 Å². The first kappa shape index (κ1) is 11.0. The Morgan fingerprint density at radius 1 is 1.71 bits per heavy atom. The number of aromatic nitrogens is 2. The first-order chi connectivity index (χ1) is 6.77. The highest BCUT2D eigenvalue weighted by molar-refractivity contribution is 7.98. The van der Waals surface area contributed by atoms with Gasteiger partial charge >= 0.3 is 0 Å². The number of H-pyrrole nitrogens is 1. The molecule has 14 heavy (non-hydrogen) atoms. The quantitative estimate of drug-likeness (QED) is 0.572. The van der Waals surface area contributed by atoms with E-state index in [2.05, 4.69) is 9.97 Å². The van der Waals surface area contributed by atoms with Crippen LogP contribution in [-0.2, 0) is 0 Å². The standard InChI is InChI=1S/C9H13N3OS/c1-14-9-11-6-7(8(13)12-9)4-2-3-5-10/h2,4,6H,3,5,10H2,1H3,(H,11,12,13). The lowest BCUT2D eigenvalue weighted by atomic mass is 10.3. The molecule has 0 unspecified atom stereocenters. The summed E-state index contributed by atoms with van der Waals surface area (Å²) in [6, 6.07) is 0. The number of nitrogens with two attached hydrogens (primary N) is 1. The maximum absolute atomic E-state index is 11.4. The Morgan fingerprint density at radius 3 is 3.07 bits per heavy atom. The Kier molecular flexibility index (Phi) is 4.42. The fourth-order valence-electron chi connectivity index (χ4n) is 0.917. The lowest BCUT2D eigenvalue weighted by Crippen LogP contribution is -2.11. The molecule has 0 saturated heterocycles. The van der Waals surface area contributed by atoms with Crippen LogP contribution in [0.3, 0.4) is 0 Å². The molecule has 0 aliphatic carbocycles. The average molecular weight is 211 g/mol. The van der Waals surface area contributed by atoms with Crippen LogP contribution in [0.15, 0.2) is 22.2 Å². The van der Waals surface area contributed by atoms with Crippen molar-refractivity contribution in [2.75, 3.05) is 12.8 Å². The number of aromatic amines is 1. The molecule has 3 N–H and O–H groups in total. The molecule has 0 aliphatic rings. The van der Waals surface area contributed by atoms with Gasteiger partial charge in [0, 0.05) is 6.20 Å². The molecule has 1 heterocycles. The maximum Gasteiger partial charge on any atom is 0.258 e. The molecule has 0 amide bonds. The second kappa shape index (κ2) is 5.62. The highest BCUT2D eigenvalue weighted by atomic mass is 32.2. The van der Waals surface area contributed by atoms with Crippen LogP contribution in [0.25, 0.3) is 6.08 Å². The number of nitrogens with one attached hydrogen (secondary N) is 1. The fourth-order valence-corrected chi connectivity index (χ4v) is 1.27. The van der Waals surface area contributed by atoms with E-state index in [0.29, 0.717) is 17.3 Å². The summed E-state index contributed by atoms with van der Waals surface area (Å²) >= 11 is 1.41. The van der Waals surface area contributed by atoms with Gasteiger partial charge in [-0.05, 0) is 19.2 Å². The van der Waals surface area contributed by atoms with Crippen molar-refractivity contribution < 1.29 is 0 Å². The van der Waals surface area contributed by atoms with Crippen molar-refractivity contribution in [2.45, 2.75) is 11.6 Å². The normalized spacial score (nSPS) is 11.0. The Bertz CT molecular complexity index is 373. The lowest BCUT2D eigenvalue weighted by Gasteiger charge is -1.95. The van der Waals surface area contributed by atoms with E-state index < -0.39 is 0 Å². The predicted octanol–water partition coefficient (Wildman–Crippen LogP) is 0.854. The van der Waals surface area contributed by atoms with E-state index in [1.165, 1.54) is 11.8 Å². The zero-order valence-corrected chi connectivity index (χ0v) is 8.80. The van der Waals surface area contributed by atoms with Gasteiger partial charge in [0.05, 0.1) is 5.56 Å². The largest absolute Gasteiger partial charge is 0.330 e. The topological polar surface area (TPSA) is 71.8 Å². The third-order valence-electron chi connectivity index (χ3n) is 1.63. The van der Waals surface area contributed by atoms with Crippen LogP contribution in [0.4, 0.5) is 0 Å². The van der Waals surface area contributed by atoms with Crippen molar-refractivity contribution in [1.82, 2.24) is 9.97 Å². The number of hydrogen-bond donors (Lipinski definition) is 2. The molecule has 5 heteroatoms. The monoisotopic (exact) mass is 211 g/mol. The molecule has 0 atom stereocenters. The van der Waals surface area contributed by atoms with Gasteiger partial charge in [-0.2, -0.15) is 0 Å². The van der Waals surface area contributed by atoms with E-state index in [1.807, 2.05) is 12.3 Å². The van der Waals surface area contributed by atoms with Gasteiger partial charge < -0.3 is 10.7 Å². The van der Waals surface area contributed by atoms with Crippen LogP contribution in [0.5, 0.6) is 0 Å². The van der Waals surface area contributed by atoms with Crippen LogP contribution >= 0.6 is 11.8 Å². The second-order valence-electron chi connectivity index (χ2n) is 2.66. The molecule has 76 valence electrons. The zero-order valence-electron chi connectivity index (χ0n) is 7.99. The highest BCUT2D eigenvalue weighted by Gasteiger charge is 1.97. The Morgan fingerprint density at radius 2 is 2.50 bits per heavy atom. The molecule has 1 rings (SSSR count). The minimum Gasteiger partial charge on any atom is -0.330 e. The summed E-state index contributed by atoms with van der Waals surface area (Å²) in [6.07, 6.45) is 7.80. The Labute approximate surface area is 86.6 Å². The average Bonchev–Trinajstić information content (AvgIpc) is 2.20. The summed E-state index contributed by atoms with van der Waals surface area (Å²) in [4.78, 5) is 18.1. The molecule has 1 aromatic heterocycles. The van der Waals surface area contributed by atoms with Crippen molar-refractivity contribution >= 4 is 17.8 Å². The summed E-state index contributed by atoms with van der Waals surface area (Å²) in [5, 5.41) is 0.631. The van der Waals surface area contributed by atoms with E-state index in [0.717, 1.165) is 6.42 Å². The van der Waals surface area contributed by atoms with E-state index in [9.17, 15) is 4.79 Å². The highest BCUT2D eigenvalue weighted by Crippen LogP contribution is 2.04. The fraction of sp³-hybridized carbons (Fsp3) is 0.333. The second-order valence-corrected chi connectivity index (χ2v) is 3.45. The van der Waals surface area contributed by atoms with Crippen molar-refractivity contribution in [2.24, 2.45) is 5.73 Å². The molecular formula is C9H13N3OS. The first-order valence-electron chi connectivity index (χ1n) is 4.28. The van der Waals surface area contributed by atoms with Gasteiger partial charge in [-0.3, -0.25) is 4.79 Å². The zero-order chi connectivity index (χ0) is 10.4. The van der Waals surface area contributed by atoms with Crippen molar-refractivity contribution in [3.05, 3.63) is 28.2 Å². The van der Waals surface area contributed by atoms with Crippen molar-refractivity contribution in [1.29, 1.82) is 0 Å². The summed E-state index contributed by atoms with van der Waals surface area (Å²) < 4.78 is 0. The number of thioether (sulfide) groups is 1. The molecule has 0 radical (unpaired) electrons. The van der Waals surface area contributed by atoms with Crippen molar-refractivity contribution in [3.8, 4) is 0 Å². The number of nitrogens with zero attached hydrogens (tertiary/aromatic N) is 1. The molecule has 0 bridgehead atoms. The van der Waals surface area contributed by atoms with Gasteiger partial charge in [0.2, 0.25) is 0 Å². The summed E-state index contributed by atoms with van der Waals surface area (Å²) in [5.41, 5.74) is 5.77. The van der Waals surface area contributed by atoms with Crippen LogP contribution in [-0.4, -0.2) is 22.8 Å². The minimum absolute atomic E-state index is 0.113. The van der Waals surface area contributed by atoms with Gasteiger partial charge in [0.15, 0.2) is 5.16 Å². The van der Waals surface area contributed by atoms with E-state index in [-0.39, 0.29) is 5.56 Å². The lowest BCUT2D eigenvalue weighted by molar-refractivity contribution is 0.933. The predicted molar refractivity (Wildman–Crippen MR) is 59.3 cm³/mol. The van der Waals surface area contributed by atoms with Crippen molar-refractivity contribution in [3.63, 3.8) is 0 Å². The van der Waals surface area contributed by atoms with E-state index in [4.69, 9.17) is 5.73 Å². The molecule has 1 aromatic rings. The SMILES string of the molecule is CSc1ncc(C=CCCN)c(=O)[nH]1. The molecule has 0 saturated carbocycles. The molecule has 0 spiro atoms. The number of hydrogen-bond acceptors (Lipinski definition) is 4. The van der Waals surface area contributed by atoms with Gasteiger partial charge in [-0.1, -0.05) is 23.9 Å². The smallest absolute Gasteiger partial charge is 0.258 e. The molecule has 4 nitrogen and oxygen atoms in total. The molecule has 0 aromatic carbocycles. The molecular weight excluding hydrogens is 198 g/mol. The Balaban J connectivity index is 2.84. The molecule has 0 aliphatic heterocycles. The van der Waals surface area contributed by atoms with Gasteiger partial charge in [0.1, 0.15) is 0 Å². The van der Waals surface area contributed by atoms with Crippen LogP contribution in [0.1, 0.15) is 12.0 Å². The molecule has 0 fully saturated rings. The summed E-state index contributed by atoms with van der Waals surface area (Å²) in [5.74, 6) is 0. The third kappa shape index (κ3) is 3.01. The Hall–Kier alpha value is -1.07. The number of rotatable bonds is 4.